The second kappa shape index (κ2) is 10.9. The Morgan fingerprint density at radius 3 is 2.56 bits per heavy atom. The highest BCUT2D eigenvalue weighted by Crippen LogP contribution is 2.45. The summed E-state index contributed by atoms with van der Waals surface area (Å²) in [5.74, 6) is 1.42. The van der Waals surface area contributed by atoms with Gasteiger partial charge in [-0.3, -0.25) is 4.79 Å². The third-order valence-corrected chi connectivity index (χ3v) is 5.71. The molecule has 184 valence electrons. The quantitative estimate of drug-likeness (QED) is 0.351. The summed E-state index contributed by atoms with van der Waals surface area (Å²) in [6, 6.07) is 22.2. The third kappa shape index (κ3) is 5.44. The SMILES string of the molecule is COc1cc(C2C(C#N)=C(N)Oc3cc(OC(=O)Cc4ccccc4)ccc32)ccc1OCC(C)C. The van der Waals surface area contributed by atoms with Crippen LogP contribution in [-0.4, -0.2) is 19.7 Å². The Hall–Kier alpha value is -4.44. The summed E-state index contributed by atoms with van der Waals surface area (Å²) in [6.07, 6.45) is 0.146. The summed E-state index contributed by atoms with van der Waals surface area (Å²) in [6.45, 7) is 4.69. The average molecular weight is 485 g/mol. The summed E-state index contributed by atoms with van der Waals surface area (Å²) >= 11 is 0. The van der Waals surface area contributed by atoms with E-state index in [1.807, 2.05) is 48.5 Å². The van der Waals surface area contributed by atoms with E-state index in [-0.39, 0.29) is 17.9 Å². The molecule has 0 saturated heterocycles. The predicted molar refractivity (Wildman–Crippen MR) is 135 cm³/mol. The molecule has 0 radical (unpaired) electrons. The van der Waals surface area contributed by atoms with Gasteiger partial charge in [0.15, 0.2) is 11.5 Å². The number of ether oxygens (including phenoxy) is 4. The van der Waals surface area contributed by atoms with Crippen molar-refractivity contribution in [1.82, 2.24) is 0 Å². The smallest absolute Gasteiger partial charge is 0.315 e. The zero-order valence-corrected chi connectivity index (χ0v) is 20.5. The lowest BCUT2D eigenvalue weighted by Gasteiger charge is -2.27. The molecule has 2 N–H and O–H groups in total. The predicted octanol–water partition coefficient (Wildman–Crippen LogP) is 5.10. The summed E-state index contributed by atoms with van der Waals surface area (Å²) in [5, 5.41) is 9.87. The Morgan fingerprint density at radius 1 is 1.08 bits per heavy atom. The van der Waals surface area contributed by atoms with Gasteiger partial charge in [0.25, 0.3) is 0 Å². The van der Waals surface area contributed by atoms with Crippen molar-refractivity contribution in [2.75, 3.05) is 13.7 Å². The molecule has 1 aliphatic heterocycles. The number of methoxy groups -OCH3 is 1. The molecule has 1 unspecified atom stereocenters. The van der Waals surface area contributed by atoms with E-state index >= 15 is 0 Å². The number of rotatable bonds is 8. The number of carbonyl (C=O) groups excluding carboxylic acids is 1. The van der Waals surface area contributed by atoms with Gasteiger partial charge in [-0.25, -0.2) is 0 Å². The fourth-order valence-corrected chi connectivity index (χ4v) is 4.01. The van der Waals surface area contributed by atoms with Crippen LogP contribution in [0.4, 0.5) is 0 Å². The van der Waals surface area contributed by atoms with E-state index in [0.29, 0.717) is 35.5 Å². The first-order valence-electron chi connectivity index (χ1n) is 11.7. The summed E-state index contributed by atoms with van der Waals surface area (Å²) < 4.78 is 22.7. The van der Waals surface area contributed by atoms with Gasteiger partial charge >= 0.3 is 5.97 Å². The van der Waals surface area contributed by atoms with Crippen molar-refractivity contribution >= 4 is 5.97 Å². The van der Waals surface area contributed by atoms with Crippen molar-refractivity contribution in [3.8, 4) is 29.1 Å². The minimum Gasteiger partial charge on any atom is -0.493 e. The summed E-state index contributed by atoms with van der Waals surface area (Å²) in [7, 11) is 1.57. The van der Waals surface area contributed by atoms with Crippen LogP contribution in [0, 0.1) is 17.2 Å². The Bertz CT molecular complexity index is 1330. The van der Waals surface area contributed by atoms with E-state index in [1.165, 1.54) is 0 Å². The number of benzene rings is 3. The van der Waals surface area contributed by atoms with Crippen molar-refractivity contribution in [3.63, 3.8) is 0 Å². The molecule has 7 heteroatoms. The highest BCUT2D eigenvalue weighted by Gasteiger charge is 2.31. The Balaban J connectivity index is 1.63. The lowest BCUT2D eigenvalue weighted by molar-refractivity contribution is -0.133. The van der Waals surface area contributed by atoms with Crippen LogP contribution in [0.15, 0.2) is 78.2 Å². The molecule has 7 nitrogen and oxygen atoms in total. The van der Waals surface area contributed by atoms with E-state index < -0.39 is 11.9 Å². The minimum atomic E-state index is -0.485. The Morgan fingerprint density at radius 2 is 1.86 bits per heavy atom. The number of esters is 1. The highest BCUT2D eigenvalue weighted by molar-refractivity contribution is 5.75. The van der Waals surface area contributed by atoms with Crippen LogP contribution in [-0.2, 0) is 11.2 Å². The number of carbonyl (C=O) groups is 1. The fourth-order valence-electron chi connectivity index (χ4n) is 4.01. The molecule has 0 fully saturated rings. The molecule has 0 bridgehead atoms. The van der Waals surface area contributed by atoms with Crippen molar-refractivity contribution in [3.05, 3.63) is 94.9 Å². The first-order chi connectivity index (χ1) is 17.4. The molecule has 0 aromatic heterocycles. The molecule has 1 aliphatic rings. The van der Waals surface area contributed by atoms with Gasteiger partial charge in [0.2, 0.25) is 5.88 Å². The number of nitrogens with two attached hydrogens (primary N) is 1. The van der Waals surface area contributed by atoms with Crippen LogP contribution in [0.3, 0.4) is 0 Å². The maximum atomic E-state index is 12.4. The monoisotopic (exact) mass is 484 g/mol. The van der Waals surface area contributed by atoms with Crippen molar-refractivity contribution < 1.29 is 23.7 Å². The van der Waals surface area contributed by atoms with Crippen LogP contribution < -0.4 is 24.7 Å². The molecule has 4 rings (SSSR count). The van der Waals surface area contributed by atoms with Crippen LogP contribution >= 0.6 is 0 Å². The van der Waals surface area contributed by atoms with Crippen molar-refractivity contribution in [1.29, 1.82) is 5.26 Å². The van der Waals surface area contributed by atoms with Gasteiger partial charge in [0, 0.05) is 11.6 Å². The zero-order chi connectivity index (χ0) is 25.7. The summed E-state index contributed by atoms with van der Waals surface area (Å²) in [4.78, 5) is 12.4. The van der Waals surface area contributed by atoms with Gasteiger partial charge < -0.3 is 24.7 Å². The van der Waals surface area contributed by atoms with E-state index in [0.717, 1.165) is 16.7 Å². The number of hydrogen-bond acceptors (Lipinski definition) is 7. The molecule has 36 heavy (non-hydrogen) atoms. The number of nitriles is 1. The van der Waals surface area contributed by atoms with E-state index in [2.05, 4.69) is 19.9 Å². The molecule has 0 spiro atoms. The maximum absolute atomic E-state index is 12.4. The number of nitrogens with zero attached hydrogens (tertiary/aromatic N) is 1. The van der Waals surface area contributed by atoms with Gasteiger partial charge in [-0.05, 0) is 35.2 Å². The lowest BCUT2D eigenvalue weighted by atomic mass is 9.83. The first kappa shape index (κ1) is 24.7. The van der Waals surface area contributed by atoms with E-state index in [9.17, 15) is 10.1 Å². The van der Waals surface area contributed by atoms with Gasteiger partial charge in [-0.15, -0.1) is 0 Å². The van der Waals surface area contributed by atoms with Gasteiger partial charge in [-0.2, -0.15) is 5.26 Å². The summed E-state index contributed by atoms with van der Waals surface area (Å²) in [5.41, 5.74) is 8.80. The van der Waals surface area contributed by atoms with Crippen LogP contribution in [0.1, 0.15) is 36.5 Å². The van der Waals surface area contributed by atoms with Gasteiger partial charge in [0.05, 0.1) is 26.1 Å². The average Bonchev–Trinajstić information content (AvgIpc) is 2.87. The minimum absolute atomic E-state index is 0.00173. The molecular weight excluding hydrogens is 456 g/mol. The van der Waals surface area contributed by atoms with Crippen LogP contribution in [0.2, 0.25) is 0 Å². The second-order valence-corrected chi connectivity index (χ2v) is 8.88. The second-order valence-electron chi connectivity index (χ2n) is 8.88. The normalized spacial score (nSPS) is 14.5. The molecule has 0 amide bonds. The number of allylic oxidation sites excluding steroid dienone is 1. The Kier molecular flexibility index (Phi) is 7.45. The molecule has 0 saturated carbocycles. The van der Waals surface area contributed by atoms with E-state index in [1.54, 1.807) is 25.3 Å². The molecular formula is C29H28N2O5. The van der Waals surface area contributed by atoms with Crippen molar-refractivity contribution in [2.24, 2.45) is 11.7 Å². The molecule has 0 aliphatic carbocycles. The van der Waals surface area contributed by atoms with Gasteiger partial charge in [0.1, 0.15) is 23.1 Å². The fraction of sp³-hybridized carbons (Fsp3) is 0.241. The molecule has 3 aromatic rings. The van der Waals surface area contributed by atoms with Crippen LogP contribution in [0.5, 0.6) is 23.0 Å². The molecule has 3 aromatic carbocycles. The molecule has 1 heterocycles. The number of fused-ring (bicyclic) bond motifs is 1. The van der Waals surface area contributed by atoms with Crippen molar-refractivity contribution in [2.45, 2.75) is 26.2 Å². The van der Waals surface area contributed by atoms with Gasteiger partial charge in [-0.1, -0.05) is 56.3 Å². The zero-order valence-electron chi connectivity index (χ0n) is 20.5. The van der Waals surface area contributed by atoms with Crippen LogP contribution in [0.25, 0.3) is 0 Å². The third-order valence-electron chi connectivity index (χ3n) is 5.71. The highest BCUT2D eigenvalue weighted by atomic mass is 16.5. The standard InChI is InChI=1S/C29H28N2O5/c1-18(2)17-34-24-12-9-20(14-26(24)33-3)28-22-11-10-21(15-25(22)36-29(31)23(28)16-30)35-27(32)13-19-7-5-4-6-8-19/h4-12,14-15,18,28H,13,17,31H2,1-3H3. The Labute approximate surface area is 210 Å². The topological polar surface area (TPSA) is 104 Å². The van der Waals surface area contributed by atoms with E-state index in [4.69, 9.17) is 24.7 Å². The first-order valence-corrected chi connectivity index (χ1v) is 11.7. The number of hydrogen-bond donors (Lipinski definition) is 1. The lowest BCUT2D eigenvalue weighted by Crippen LogP contribution is -2.21. The molecule has 1 atom stereocenters. The largest absolute Gasteiger partial charge is 0.493 e. The maximum Gasteiger partial charge on any atom is 0.315 e.